The van der Waals surface area contributed by atoms with Crippen LogP contribution in [-0.2, 0) is 21.0 Å². The van der Waals surface area contributed by atoms with Gasteiger partial charge in [-0.15, -0.1) is 0 Å². The zero-order chi connectivity index (χ0) is 21.2. The van der Waals surface area contributed by atoms with Gasteiger partial charge in [-0.05, 0) is 43.2 Å². The molecule has 1 aliphatic rings. The number of carbonyl (C=O) groups excluding carboxylic acids is 1. The molecule has 11 heteroatoms. The fourth-order valence-corrected chi connectivity index (χ4v) is 4.72. The standard InChI is InChI=1S/C18H17ClF3N3O3S/c19-14-6-7-16(23-10-14)24-17(26)12-3-2-8-25(11-12)29(27,28)15-5-1-4-13(9-15)18(20,21)22/h1,4-7,9-10,12H,2-3,8,11H2,(H,23,24,26). The quantitative estimate of drug-likeness (QED) is 0.773. The van der Waals surface area contributed by atoms with Crippen LogP contribution in [0.15, 0.2) is 47.5 Å². The lowest BCUT2D eigenvalue weighted by molar-refractivity contribution is -0.137. The van der Waals surface area contributed by atoms with Gasteiger partial charge in [0.25, 0.3) is 0 Å². The highest BCUT2D eigenvalue weighted by Crippen LogP contribution is 2.32. The van der Waals surface area contributed by atoms with Gasteiger partial charge >= 0.3 is 6.18 Å². The first-order valence-corrected chi connectivity index (χ1v) is 10.5. The summed E-state index contributed by atoms with van der Waals surface area (Å²) < 4.78 is 65.5. The van der Waals surface area contributed by atoms with Crippen molar-refractivity contribution in [3.8, 4) is 0 Å². The van der Waals surface area contributed by atoms with E-state index in [9.17, 15) is 26.4 Å². The molecule has 156 valence electrons. The molecular formula is C18H17ClF3N3O3S. The second kappa shape index (κ2) is 8.29. The van der Waals surface area contributed by atoms with Crippen LogP contribution in [0.3, 0.4) is 0 Å². The second-order valence-corrected chi connectivity index (χ2v) is 8.95. The molecule has 1 unspecified atom stereocenters. The maximum absolute atomic E-state index is 12.9. The van der Waals surface area contributed by atoms with Gasteiger partial charge in [-0.1, -0.05) is 17.7 Å². The molecule has 3 rings (SSSR count). The fraction of sp³-hybridized carbons (Fsp3) is 0.333. The highest BCUT2D eigenvalue weighted by Gasteiger charge is 2.36. The first kappa shape index (κ1) is 21.5. The number of aromatic nitrogens is 1. The van der Waals surface area contributed by atoms with Crippen LogP contribution < -0.4 is 5.32 Å². The summed E-state index contributed by atoms with van der Waals surface area (Å²) in [5.41, 5.74) is -1.04. The zero-order valence-electron chi connectivity index (χ0n) is 15.0. The van der Waals surface area contributed by atoms with Crippen LogP contribution in [0.25, 0.3) is 0 Å². The predicted octanol–water partition coefficient (Wildman–Crippen LogP) is 3.79. The van der Waals surface area contributed by atoms with Crippen LogP contribution in [0.2, 0.25) is 5.02 Å². The van der Waals surface area contributed by atoms with Crippen LogP contribution in [-0.4, -0.2) is 36.7 Å². The summed E-state index contributed by atoms with van der Waals surface area (Å²) in [6.07, 6.45) is -2.43. The topological polar surface area (TPSA) is 79.4 Å². The van der Waals surface area contributed by atoms with Crippen LogP contribution in [0.5, 0.6) is 0 Å². The molecule has 1 aromatic carbocycles. The average molecular weight is 448 g/mol. The first-order valence-electron chi connectivity index (χ1n) is 8.67. The molecule has 6 nitrogen and oxygen atoms in total. The van der Waals surface area contributed by atoms with E-state index in [4.69, 9.17) is 11.6 Å². The van der Waals surface area contributed by atoms with Crippen molar-refractivity contribution in [1.29, 1.82) is 0 Å². The van der Waals surface area contributed by atoms with Crippen molar-refractivity contribution in [2.24, 2.45) is 5.92 Å². The minimum absolute atomic E-state index is 0.127. The Morgan fingerprint density at radius 1 is 1.24 bits per heavy atom. The van der Waals surface area contributed by atoms with E-state index in [-0.39, 0.29) is 18.9 Å². The van der Waals surface area contributed by atoms with Crippen LogP contribution in [0.1, 0.15) is 18.4 Å². The molecule has 1 aliphatic heterocycles. The number of anilines is 1. The van der Waals surface area contributed by atoms with Gasteiger partial charge in [-0.3, -0.25) is 4.79 Å². The Hall–Kier alpha value is -2.17. The third-order valence-electron chi connectivity index (χ3n) is 4.53. The lowest BCUT2D eigenvalue weighted by Crippen LogP contribution is -2.43. The normalized spacial score (nSPS) is 18.4. The molecule has 1 saturated heterocycles. The van der Waals surface area contributed by atoms with E-state index in [1.165, 1.54) is 12.3 Å². The molecule has 2 heterocycles. The molecule has 1 aromatic heterocycles. The first-order chi connectivity index (χ1) is 13.6. The largest absolute Gasteiger partial charge is 0.416 e. The van der Waals surface area contributed by atoms with E-state index in [1.54, 1.807) is 6.07 Å². The van der Waals surface area contributed by atoms with Crippen molar-refractivity contribution in [3.63, 3.8) is 0 Å². The van der Waals surface area contributed by atoms with Crippen LogP contribution in [0, 0.1) is 5.92 Å². The number of nitrogens with zero attached hydrogens (tertiary/aromatic N) is 2. The number of pyridine rings is 1. The Bertz CT molecular complexity index is 997. The highest BCUT2D eigenvalue weighted by atomic mass is 35.5. The minimum Gasteiger partial charge on any atom is -0.310 e. The summed E-state index contributed by atoms with van der Waals surface area (Å²) in [4.78, 5) is 16.0. The summed E-state index contributed by atoms with van der Waals surface area (Å²) >= 11 is 5.74. The Morgan fingerprint density at radius 2 is 2.00 bits per heavy atom. The van der Waals surface area contributed by atoms with Gasteiger partial charge in [0.1, 0.15) is 5.82 Å². The molecule has 0 bridgehead atoms. The fourth-order valence-electron chi connectivity index (χ4n) is 3.03. The molecule has 0 saturated carbocycles. The van der Waals surface area contributed by atoms with Crippen LogP contribution in [0.4, 0.5) is 19.0 Å². The maximum atomic E-state index is 12.9. The summed E-state index contributed by atoms with van der Waals surface area (Å²) in [5.74, 6) is -0.789. The van der Waals surface area contributed by atoms with Crippen molar-refractivity contribution in [2.45, 2.75) is 23.9 Å². The Labute approximate surface area is 170 Å². The van der Waals surface area contributed by atoms with Gasteiger partial charge in [0.2, 0.25) is 15.9 Å². The maximum Gasteiger partial charge on any atom is 0.416 e. The van der Waals surface area contributed by atoms with Gasteiger partial charge in [-0.2, -0.15) is 17.5 Å². The summed E-state index contributed by atoms with van der Waals surface area (Å²) in [7, 11) is -4.17. The van der Waals surface area contributed by atoms with E-state index in [2.05, 4.69) is 10.3 Å². The number of benzene rings is 1. The number of piperidine rings is 1. The number of hydrogen-bond donors (Lipinski definition) is 1. The van der Waals surface area contributed by atoms with Crippen molar-refractivity contribution >= 4 is 33.3 Å². The Morgan fingerprint density at radius 3 is 2.66 bits per heavy atom. The van der Waals surface area contributed by atoms with E-state index in [0.717, 1.165) is 22.5 Å². The smallest absolute Gasteiger partial charge is 0.310 e. The number of hydrogen-bond acceptors (Lipinski definition) is 4. The molecule has 1 atom stereocenters. The lowest BCUT2D eigenvalue weighted by Gasteiger charge is -2.31. The second-order valence-electron chi connectivity index (χ2n) is 6.58. The van der Waals surface area contributed by atoms with Gasteiger partial charge in [0, 0.05) is 19.3 Å². The molecule has 2 aromatic rings. The van der Waals surface area contributed by atoms with Crippen molar-refractivity contribution in [1.82, 2.24) is 9.29 Å². The van der Waals surface area contributed by atoms with Crippen molar-refractivity contribution < 1.29 is 26.4 Å². The third-order valence-corrected chi connectivity index (χ3v) is 6.62. The summed E-state index contributed by atoms with van der Waals surface area (Å²) in [6, 6.07) is 6.65. The molecule has 29 heavy (non-hydrogen) atoms. The van der Waals surface area contributed by atoms with Gasteiger partial charge in [0.15, 0.2) is 0 Å². The number of carbonyl (C=O) groups is 1. The number of rotatable bonds is 4. The minimum atomic E-state index is -4.65. The Kier molecular flexibility index (Phi) is 6.16. The predicted molar refractivity (Wildman–Crippen MR) is 101 cm³/mol. The molecule has 0 radical (unpaired) electrons. The number of amides is 1. The van der Waals surface area contributed by atoms with E-state index in [1.807, 2.05) is 0 Å². The molecule has 1 amide bonds. The molecular weight excluding hydrogens is 431 g/mol. The summed E-state index contributed by atoms with van der Waals surface area (Å²) in [6.45, 7) is -0.000441. The van der Waals surface area contributed by atoms with Crippen molar-refractivity contribution in [3.05, 3.63) is 53.2 Å². The van der Waals surface area contributed by atoms with Gasteiger partial charge in [0.05, 0.1) is 21.4 Å². The number of sulfonamides is 1. The third kappa shape index (κ3) is 5.06. The monoisotopic (exact) mass is 447 g/mol. The highest BCUT2D eigenvalue weighted by molar-refractivity contribution is 7.89. The number of nitrogens with one attached hydrogen (secondary N) is 1. The lowest BCUT2D eigenvalue weighted by atomic mass is 9.99. The van der Waals surface area contributed by atoms with E-state index in [0.29, 0.717) is 23.9 Å². The number of alkyl halides is 3. The Balaban J connectivity index is 1.75. The van der Waals surface area contributed by atoms with E-state index >= 15 is 0 Å². The molecule has 0 aliphatic carbocycles. The molecule has 1 fully saturated rings. The van der Waals surface area contributed by atoms with Crippen LogP contribution >= 0.6 is 11.6 Å². The van der Waals surface area contributed by atoms with Crippen molar-refractivity contribution in [2.75, 3.05) is 18.4 Å². The summed E-state index contributed by atoms with van der Waals surface area (Å²) in [5, 5.41) is 3.00. The van der Waals surface area contributed by atoms with E-state index < -0.39 is 38.5 Å². The SMILES string of the molecule is O=C(Nc1ccc(Cl)cn1)C1CCCN(S(=O)(=O)c2cccc(C(F)(F)F)c2)C1. The van der Waals surface area contributed by atoms with Gasteiger partial charge < -0.3 is 5.32 Å². The molecule has 0 spiro atoms. The van der Waals surface area contributed by atoms with Gasteiger partial charge in [-0.25, -0.2) is 13.4 Å². The zero-order valence-corrected chi connectivity index (χ0v) is 16.6. The average Bonchev–Trinajstić information content (AvgIpc) is 2.69. The molecule has 1 N–H and O–H groups in total. The number of halogens is 4.